The lowest BCUT2D eigenvalue weighted by Gasteiger charge is -2.42. The zero-order valence-corrected chi connectivity index (χ0v) is 14.3. The van der Waals surface area contributed by atoms with Crippen LogP contribution >= 0.6 is 0 Å². The Bertz CT molecular complexity index is 422. The number of nitrogens with one attached hydrogen (secondary N) is 2. The number of carbonyl (C=O) groups excluding carboxylic acids is 2. The van der Waals surface area contributed by atoms with Crippen LogP contribution < -0.4 is 10.6 Å². The third-order valence-corrected chi connectivity index (χ3v) is 3.74. The fourth-order valence-corrected chi connectivity index (χ4v) is 2.44. The summed E-state index contributed by atoms with van der Waals surface area (Å²) in [6, 6.07) is -0.992. The summed E-state index contributed by atoms with van der Waals surface area (Å²) in [5.74, 6) is -0.608. The second-order valence-corrected chi connectivity index (χ2v) is 5.83. The molecule has 1 rings (SSSR count). The van der Waals surface area contributed by atoms with Crippen LogP contribution in [0.25, 0.3) is 0 Å². The molecule has 10 heteroatoms. The molecule has 0 aromatic carbocycles. The Hall–Kier alpha value is -1.30. The molecule has 6 N–H and O–H groups in total. The molecule has 0 spiro atoms. The molecule has 10 nitrogen and oxygen atoms in total. The number of aliphatic hydroxyl groups is 4. The minimum absolute atomic E-state index is 0.00709. The summed E-state index contributed by atoms with van der Waals surface area (Å²) in [7, 11) is 0. The topological polar surface area (TPSA) is 158 Å². The Labute approximate surface area is 146 Å². The summed E-state index contributed by atoms with van der Waals surface area (Å²) in [6.07, 6.45) is -3.75. The van der Waals surface area contributed by atoms with E-state index < -0.39 is 43.2 Å². The number of carbonyl (C=O) groups is 2. The Morgan fingerprint density at radius 1 is 1.16 bits per heavy atom. The van der Waals surface area contributed by atoms with Gasteiger partial charge in [-0.15, -0.1) is 0 Å². The Kier molecular flexibility index (Phi) is 9.86. The first-order chi connectivity index (χ1) is 11.9. The predicted octanol–water partition coefficient (Wildman–Crippen LogP) is -2.77. The lowest BCUT2D eigenvalue weighted by atomic mass is 9.97. The first kappa shape index (κ1) is 21.7. The summed E-state index contributed by atoms with van der Waals surface area (Å²) in [6.45, 7) is 1.26. The monoisotopic (exact) mass is 364 g/mol. The molecule has 1 saturated heterocycles. The van der Waals surface area contributed by atoms with E-state index in [0.29, 0.717) is 19.4 Å². The highest BCUT2D eigenvalue weighted by Gasteiger charge is 2.45. The maximum atomic E-state index is 11.5. The van der Waals surface area contributed by atoms with Crippen LogP contribution in [0, 0.1) is 0 Å². The van der Waals surface area contributed by atoms with Gasteiger partial charge in [0.25, 0.3) is 0 Å². The van der Waals surface area contributed by atoms with Crippen molar-refractivity contribution >= 4 is 11.8 Å². The minimum Gasteiger partial charge on any atom is -0.396 e. The van der Waals surface area contributed by atoms with Crippen molar-refractivity contribution in [3.63, 3.8) is 0 Å². The standard InChI is InChI=1S/C15H28N2O8/c1-9(20)17-12-14(23)13(22)10(8-19)25-15(12)24-7-2-4-11(21)16-5-3-6-18/h10,12-15,18-19,22-23H,2-8H2,1H3,(H,16,21)(H,17,20). The molecule has 1 fully saturated rings. The van der Waals surface area contributed by atoms with E-state index in [1.165, 1.54) is 6.92 Å². The van der Waals surface area contributed by atoms with Crippen molar-refractivity contribution in [1.29, 1.82) is 0 Å². The highest BCUT2D eigenvalue weighted by Crippen LogP contribution is 2.22. The minimum atomic E-state index is -1.36. The first-order valence-corrected chi connectivity index (χ1v) is 8.29. The van der Waals surface area contributed by atoms with Gasteiger partial charge in [0, 0.05) is 26.5 Å². The maximum Gasteiger partial charge on any atom is 0.220 e. The normalized spacial score (nSPS) is 29.2. The van der Waals surface area contributed by atoms with Gasteiger partial charge in [-0.25, -0.2) is 0 Å². The number of hydrogen-bond donors (Lipinski definition) is 6. The number of aliphatic hydroxyl groups excluding tert-OH is 4. The summed E-state index contributed by atoms with van der Waals surface area (Å²) in [5.41, 5.74) is 0. The van der Waals surface area contributed by atoms with Gasteiger partial charge in [0.2, 0.25) is 11.8 Å². The quantitative estimate of drug-likeness (QED) is 0.227. The van der Waals surface area contributed by atoms with E-state index >= 15 is 0 Å². The molecule has 0 saturated carbocycles. The van der Waals surface area contributed by atoms with Crippen molar-refractivity contribution in [2.75, 3.05) is 26.4 Å². The van der Waals surface area contributed by atoms with Gasteiger partial charge >= 0.3 is 0 Å². The second-order valence-electron chi connectivity index (χ2n) is 5.83. The molecule has 5 atom stereocenters. The molecule has 0 aromatic rings. The molecule has 0 bridgehead atoms. The van der Waals surface area contributed by atoms with E-state index in [9.17, 15) is 24.9 Å². The zero-order chi connectivity index (χ0) is 18.8. The van der Waals surface area contributed by atoms with E-state index in [-0.39, 0.29) is 25.5 Å². The molecule has 1 heterocycles. The van der Waals surface area contributed by atoms with Gasteiger partial charge in [-0.05, 0) is 12.8 Å². The number of amides is 2. The van der Waals surface area contributed by atoms with E-state index in [0.717, 1.165) is 0 Å². The average Bonchev–Trinajstić information content (AvgIpc) is 2.57. The lowest BCUT2D eigenvalue weighted by Crippen LogP contribution is -2.64. The number of hydrogen-bond acceptors (Lipinski definition) is 8. The van der Waals surface area contributed by atoms with Gasteiger partial charge in [-0.2, -0.15) is 0 Å². The molecule has 5 unspecified atom stereocenters. The van der Waals surface area contributed by atoms with Gasteiger partial charge < -0.3 is 40.5 Å². The van der Waals surface area contributed by atoms with Crippen molar-refractivity contribution < 1.29 is 39.5 Å². The van der Waals surface area contributed by atoms with Crippen molar-refractivity contribution in [3.05, 3.63) is 0 Å². The summed E-state index contributed by atoms with van der Waals surface area (Å²) >= 11 is 0. The van der Waals surface area contributed by atoms with Crippen LogP contribution in [0.2, 0.25) is 0 Å². The van der Waals surface area contributed by atoms with E-state index in [1.807, 2.05) is 0 Å². The Morgan fingerprint density at radius 3 is 2.48 bits per heavy atom. The molecule has 25 heavy (non-hydrogen) atoms. The summed E-state index contributed by atoms with van der Waals surface area (Å²) < 4.78 is 10.9. The van der Waals surface area contributed by atoms with Crippen molar-refractivity contribution in [2.45, 2.75) is 56.8 Å². The van der Waals surface area contributed by atoms with E-state index in [2.05, 4.69) is 10.6 Å². The van der Waals surface area contributed by atoms with Crippen LogP contribution in [0.3, 0.4) is 0 Å². The first-order valence-electron chi connectivity index (χ1n) is 8.29. The average molecular weight is 364 g/mol. The lowest BCUT2D eigenvalue weighted by molar-refractivity contribution is -0.270. The number of ether oxygens (including phenoxy) is 2. The smallest absolute Gasteiger partial charge is 0.220 e. The molecular formula is C15H28N2O8. The highest BCUT2D eigenvalue weighted by atomic mass is 16.7. The van der Waals surface area contributed by atoms with Crippen molar-refractivity contribution in [2.24, 2.45) is 0 Å². The third-order valence-electron chi connectivity index (χ3n) is 3.74. The third kappa shape index (κ3) is 7.22. The molecule has 1 aliphatic rings. The van der Waals surface area contributed by atoms with Gasteiger partial charge in [0.05, 0.1) is 13.2 Å². The van der Waals surface area contributed by atoms with Crippen LogP contribution in [0.1, 0.15) is 26.2 Å². The van der Waals surface area contributed by atoms with Crippen molar-refractivity contribution in [1.82, 2.24) is 10.6 Å². The largest absolute Gasteiger partial charge is 0.396 e. The molecule has 2 amide bonds. The van der Waals surface area contributed by atoms with Crippen LogP contribution in [0.5, 0.6) is 0 Å². The maximum absolute atomic E-state index is 11.5. The van der Waals surface area contributed by atoms with Crippen LogP contribution in [0.4, 0.5) is 0 Å². The summed E-state index contributed by atoms with van der Waals surface area (Å²) in [4.78, 5) is 22.8. The molecular weight excluding hydrogens is 336 g/mol. The molecule has 0 aromatic heterocycles. The molecule has 1 aliphatic heterocycles. The fourth-order valence-electron chi connectivity index (χ4n) is 2.44. The number of rotatable bonds is 10. The molecule has 0 aliphatic carbocycles. The fraction of sp³-hybridized carbons (Fsp3) is 0.867. The SMILES string of the molecule is CC(=O)NC1C(OCCCC(=O)NCCCO)OC(CO)C(O)C1O. The summed E-state index contributed by atoms with van der Waals surface area (Å²) in [5, 5.41) is 42.9. The van der Waals surface area contributed by atoms with Crippen molar-refractivity contribution in [3.8, 4) is 0 Å². The van der Waals surface area contributed by atoms with Gasteiger partial charge in [-0.1, -0.05) is 0 Å². The predicted molar refractivity (Wildman–Crippen MR) is 85.3 cm³/mol. The van der Waals surface area contributed by atoms with Crippen LogP contribution in [-0.2, 0) is 19.1 Å². The Balaban J connectivity index is 2.46. The van der Waals surface area contributed by atoms with E-state index in [1.54, 1.807) is 0 Å². The van der Waals surface area contributed by atoms with Gasteiger partial charge in [-0.3, -0.25) is 9.59 Å². The van der Waals surface area contributed by atoms with Gasteiger partial charge in [0.1, 0.15) is 24.4 Å². The molecule has 0 radical (unpaired) electrons. The van der Waals surface area contributed by atoms with Crippen LogP contribution in [0.15, 0.2) is 0 Å². The Morgan fingerprint density at radius 2 is 1.88 bits per heavy atom. The van der Waals surface area contributed by atoms with E-state index in [4.69, 9.17) is 14.6 Å². The van der Waals surface area contributed by atoms with Gasteiger partial charge in [0.15, 0.2) is 6.29 Å². The molecule has 146 valence electrons. The highest BCUT2D eigenvalue weighted by molar-refractivity contribution is 5.75. The zero-order valence-electron chi connectivity index (χ0n) is 14.3. The van der Waals surface area contributed by atoms with Crippen LogP contribution in [-0.4, -0.2) is 89.2 Å². The second kappa shape index (κ2) is 11.3.